The summed E-state index contributed by atoms with van der Waals surface area (Å²) in [6, 6.07) is 2.42. The molecule has 27 heavy (non-hydrogen) atoms. The van der Waals surface area contributed by atoms with Gasteiger partial charge in [0.2, 0.25) is 0 Å². The van der Waals surface area contributed by atoms with Crippen molar-refractivity contribution in [3.05, 3.63) is 22.5 Å². The lowest BCUT2D eigenvalue weighted by atomic mass is 9.73. The molecule has 2 aromatic heterocycles. The van der Waals surface area contributed by atoms with E-state index in [0.29, 0.717) is 11.3 Å². The van der Waals surface area contributed by atoms with Gasteiger partial charge in [-0.15, -0.1) is 11.3 Å². The number of aryl methyl sites for hydroxylation is 1. The van der Waals surface area contributed by atoms with Crippen LogP contribution in [0, 0.1) is 12.3 Å². The zero-order valence-electron chi connectivity index (χ0n) is 17.6. The van der Waals surface area contributed by atoms with Crippen LogP contribution in [0.2, 0.25) is 0 Å². The number of rotatable bonds is 3. The summed E-state index contributed by atoms with van der Waals surface area (Å²) in [4.78, 5) is 15.0. The van der Waals surface area contributed by atoms with Crippen LogP contribution in [0.1, 0.15) is 75.7 Å². The van der Waals surface area contributed by atoms with Gasteiger partial charge in [-0.25, -0.2) is 9.97 Å². The van der Waals surface area contributed by atoms with E-state index in [1.165, 1.54) is 46.5 Å². The predicted octanol–water partition coefficient (Wildman–Crippen LogP) is 4.87. The van der Waals surface area contributed by atoms with E-state index >= 15 is 0 Å². The quantitative estimate of drug-likeness (QED) is 0.817. The molecule has 0 aromatic carbocycles. The molecule has 1 aliphatic heterocycles. The highest BCUT2D eigenvalue weighted by Crippen LogP contribution is 2.45. The highest BCUT2D eigenvalue weighted by Gasteiger charge is 2.31. The third-order valence-electron chi connectivity index (χ3n) is 6.66. The van der Waals surface area contributed by atoms with E-state index in [0.717, 1.165) is 32.0 Å². The molecule has 4 rings (SSSR count). The number of hydrogen-bond acceptors (Lipinski definition) is 5. The number of nitrogens with one attached hydrogen (secondary N) is 1. The fourth-order valence-electron chi connectivity index (χ4n) is 4.62. The minimum Gasteiger partial charge on any atom is -0.314 e. The van der Waals surface area contributed by atoms with E-state index in [9.17, 15) is 0 Å². The topological polar surface area (TPSA) is 41.1 Å². The molecule has 3 heterocycles. The van der Waals surface area contributed by atoms with Gasteiger partial charge in [-0.2, -0.15) is 0 Å². The molecule has 148 valence electrons. The summed E-state index contributed by atoms with van der Waals surface area (Å²) in [5.41, 5.74) is 1.89. The molecule has 1 aliphatic carbocycles. The van der Waals surface area contributed by atoms with Gasteiger partial charge >= 0.3 is 0 Å². The molecular weight excluding hydrogens is 352 g/mol. The summed E-state index contributed by atoms with van der Waals surface area (Å²) < 4.78 is 0. The molecule has 2 fully saturated rings. The van der Waals surface area contributed by atoms with Gasteiger partial charge in [0, 0.05) is 42.0 Å². The molecule has 1 saturated heterocycles. The monoisotopic (exact) mass is 386 g/mol. The van der Waals surface area contributed by atoms with Gasteiger partial charge in [0.15, 0.2) is 0 Å². The fourth-order valence-corrected chi connectivity index (χ4v) is 5.89. The van der Waals surface area contributed by atoms with Crippen LogP contribution in [0.3, 0.4) is 0 Å². The van der Waals surface area contributed by atoms with Gasteiger partial charge in [-0.1, -0.05) is 13.8 Å². The number of aromatic nitrogens is 2. The Kier molecular flexibility index (Phi) is 5.06. The van der Waals surface area contributed by atoms with Crippen LogP contribution in [-0.4, -0.2) is 40.0 Å². The Bertz CT molecular complexity index is 813. The van der Waals surface area contributed by atoms with E-state index < -0.39 is 0 Å². The highest BCUT2D eigenvalue weighted by molar-refractivity contribution is 7.18. The van der Waals surface area contributed by atoms with Gasteiger partial charge in [0.1, 0.15) is 10.7 Å². The second kappa shape index (κ2) is 7.09. The second-order valence-corrected chi connectivity index (χ2v) is 11.0. The molecule has 0 unspecified atom stereocenters. The molecule has 2 aliphatic rings. The van der Waals surface area contributed by atoms with Crippen LogP contribution in [-0.2, 0) is 6.54 Å². The Hall–Kier alpha value is -1.04. The number of thiophene rings is 1. The van der Waals surface area contributed by atoms with E-state index in [1.54, 1.807) is 0 Å². The zero-order valence-corrected chi connectivity index (χ0v) is 18.4. The van der Waals surface area contributed by atoms with E-state index in [2.05, 4.69) is 44.0 Å². The molecule has 1 saturated carbocycles. The van der Waals surface area contributed by atoms with Crippen molar-refractivity contribution >= 4 is 21.6 Å². The molecule has 0 bridgehead atoms. The molecule has 0 amide bonds. The van der Waals surface area contributed by atoms with Gasteiger partial charge in [0.25, 0.3) is 0 Å². The minimum atomic E-state index is 0.164. The second-order valence-electron chi connectivity index (χ2n) is 9.93. The lowest BCUT2D eigenvalue weighted by Crippen LogP contribution is -2.57. The van der Waals surface area contributed by atoms with E-state index in [4.69, 9.17) is 9.97 Å². The predicted molar refractivity (Wildman–Crippen MR) is 115 cm³/mol. The Morgan fingerprint density at radius 2 is 1.93 bits per heavy atom. The normalized spacial score (nSPS) is 23.7. The summed E-state index contributed by atoms with van der Waals surface area (Å²) in [6.45, 7) is 15.6. The van der Waals surface area contributed by atoms with Crippen molar-refractivity contribution < 1.29 is 0 Å². The highest BCUT2D eigenvalue weighted by atomic mass is 32.1. The maximum atomic E-state index is 4.88. The SMILES string of the molecule is Cc1nc(CN2CCNCC2(C)C)c2cc(C3CCC(C)(C)CC3)sc2n1. The molecule has 0 radical (unpaired) electrons. The number of nitrogens with zero attached hydrogens (tertiary/aromatic N) is 3. The van der Waals surface area contributed by atoms with Crippen LogP contribution in [0.15, 0.2) is 6.07 Å². The third kappa shape index (κ3) is 4.06. The molecule has 0 spiro atoms. The standard InChI is InChI=1S/C22H34N4S/c1-15-24-18(13-26-11-10-23-14-22(26,4)5)17-12-19(27-20(17)25-15)16-6-8-21(2,3)9-7-16/h12,16,23H,6-11,13-14H2,1-5H3. The Balaban J connectivity index is 1.62. The summed E-state index contributed by atoms with van der Waals surface area (Å²) >= 11 is 1.91. The Morgan fingerprint density at radius 3 is 2.63 bits per heavy atom. The van der Waals surface area contributed by atoms with Gasteiger partial charge < -0.3 is 5.32 Å². The van der Waals surface area contributed by atoms with Crippen molar-refractivity contribution in [1.82, 2.24) is 20.2 Å². The fraction of sp³-hybridized carbons (Fsp3) is 0.727. The summed E-state index contributed by atoms with van der Waals surface area (Å²) in [5.74, 6) is 1.62. The number of hydrogen-bond donors (Lipinski definition) is 1. The van der Waals surface area contributed by atoms with Crippen molar-refractivity contribution in [2.45, 2.75) is 78.3 Å². The van der Waals surface area contributed by atoms with Gasteiger partial charge in [-0.05, 0) is 63.9 Å². The van der Waals surface area contributed by atoms with Crippen molar-refractivity contribution in [3.8, 4) is 0 Å². The average molecular weight is 387 g/mol. The first-order valence-electron chi connectivity index (χ1n) is 10.5. The van der Waals surface area contributed by atoms with Crippen LogP contribution < -0.4 is 5.32 Å². The number of fused-ring (bicyclic) bond motifs is 1. The van der Waals surface area contributed by atoms with Crippen LogP contribution in [0.5, 0.6) is 0 Å². The van der Waals surface area contributed by atoms with Gasteiger partial charge in [-0.3, -0.25) is 4.90 Å². The lowest BCUT2D eigenvalue weighted by Gasteiger charge is -2.42. The molecule has 2 aromatic rings. The van der Waals surface area contributed by atoms with Crippen LogP contribution >= 0.6 is 11.3 Å². The summed E-state index contributed by atoms with van der Waals surface area (Å²) in [7, 11) is 0. The van der Waals surface area contributed by atoms with Gasteiger partial charge in [0.05, 0.1) is 5.69 Å². The van der Waals surface area contributed by atoms with Crippen molar-refractivity contribution in [2.24, 2.45) is 5.41 Å². The van der Waals surface area contributed by atoms with Crippen molar-refractivity contribution in [2.75, 3.05) is 19.6 Å². The maximum Gasteiger partial charge on any atom is 0.127 e. The smallest absolute Gasteiger partial charge is 0.127 e. The largest absolute Gasteiger partial charge is 0.314 e. The lowest BCUT2D eigenvalue weighted by molar-refractivity contribution is 0.0818. The first-order valence-corrected chi connectivity index (χ1v) is 11.3. The molecular formula is C22H34N4S. The zero-order chi connectivity index (χ0) is 19.2. The third-order valence-corrected chi connectivity index (χ3v) is 7.85. The molecule has 1 N–H and O–H groups in total. The molecule has 5 heteroatoms. The Morgan fingerprint density at radius 1 is 1.19 bits per heavy atom. The first-order chi connectivity index (χ1) is 12.7. The Labute approximate surface area is 167 Å². The van der Waals surface area contributed by atoms with E-state index in [1.807, 2.05) is 18.3 Å². The maximum absolute atomic E-state index is 4.88. The molecule has 4 nitrogen and oxygen atoms in total. The van der Waals surface area contributed by atoms with Crippen LogP contribution in [0.25, 0.3) is 10.2 Å². The van der Waals surface area contributed by atoms with Crippen molar-refractivity contribution in [1.29, 1.82) is 0 Å². The van der Waals surface area contributed by atoms with Crippen molar-refractivity contribution in [3.63, 3.8) is 0 Å². The number of piperazine rings is 1. The first kappa shape index (κ1) is 19.3. The molecule has 0 atom stereocenters. The minimum absolute atomic E-state index is 0.164. The average Bonchev–Trinajstić information content (AvgIpc) is 3.00. The summed E-state index contributed by atoms with van der Waals surface area (Å²) in [6.07, 6.45) is 5.29. The van der Waals surface area contributed by atoms with Crippen LogP contribution in [0.4, 0.5) is 0 Å². The van der Waals surface area contributed by atoms with E-state index in [-0.39, 0.29) is 5.54 Å². The summed E-state index contributed by atoms with van der Waals surface area (Å²) in [5, 5.41) is 4.81.